The van der Waals surface area contributed by atoms with Gasteiger partial charge in [-0.15, -0.1) is 0 Å². The second-order valence-electron chi connectivity index (χ2n) is 12.2. The molecule has 2 saturated heterocycles. The van der Waals surface area contributed by atoms with Crippen molar-refractivity contribution in [2.45, 2.75) is 103 Å². The number of rotatable bonds is 8. The first-order valence-electron chi connectivity index (χ1n) is 13.3. The lowest BCUT2D eigenvalue weighted by Gasteiger charge is -2.30. The summed E-state index contributed by atoms with van der Waals surface area (Å²) in [7, 11) is -0.488. The van der Waals surface area contributed by atoms with E-state index in [0.717, 1.165) is 34.5 Å². The largest absolute Gasteiger partial charge is 0.377 e. The molecule has 1 radical (unpaired) electrons. The topological polar surface area (TPSA) is 67.6 Å². The second-order valence-corrected chi connectivity index (χ2v) is 15.9. The number of ether oxygens (including phenoxy) is 4. The Morgan fingerprint density at radius 1 is 1.13 bits per heavy atom. The molecule has 4 atom stereocenters. The van der Waals surface area contributed by atoms with Gasteiger partial charge in [0, 0.05) is 29.6 Å². The number of hydrogen-bond acceptors (Lipinski definition) is 6. The van der Waals surface area contributed by atoms with Crippen LogP contribution in [0.1, 0.15) is 57.7 Å². The van der Waals surface area contributed by atoms with Crippen LogP contribution in [0.25, 0.3) is 11.0 Å². The average molecular weight is 557 g/mol. The Bertz CT molecular complexity index is 1330. The van der Waals surface area contributed by atoms with Crippen molar-refractivity contribution >= 4 is 31.4 Å². The molecule has 2 aliphatic rings. The summed E-state index contributed by atoms with van der Waals surface area (Å²) in [5.74, 6) is -0.731. The number of aromatic nitrogens is 3. The van der Waals surface area contributed by atoms with Crippen molar-refractivity contribution in [3.8, 4) is 0 Å². The smallest absolute Gasteiger partial charge is 0.165 e. The zero-order valence-corrected chi connectivity index (χ0v) is 25.4. The van der Waals surface area contributed by atoms with Gasteiger partial charge in [0.1, 0.15) is 23.7 Å². The van der Waals surface area contributed by atoms with Gasteiger partial charge in [0.05, 0.1) is 27.2 Å². The van der Waals surface area contributed by atoms with Crippen LogP contribution in [0.3, 0.4) is 0 Å². The van der Waals surface area contributed by atoms with Gasteiger partial charge in [-0.1, -0.05) is 44.6 Å². The number of halogens is 1. The molecular weight excluding hydrogens is 518 g/mol. The SMILES string of the molecule is Cc1ncnc2c1ccn2[C@@H]1O[C@H](Cc2ccc(Cl)cc2COCC(C)(C)[Si](C)C)[C@@]2(C)OC(C)(C)O[C@@H]12. The fourth-order valence-corrected chi connectivity index (χ4v) is 6.04. The highest BCUT2D eigenvalue weighted by atomic mass is 35.5. The van der Waals surface area contributed by atoms with Gasteiger partial charge in [-0.05, 0) is 62.1 Å². The zero-order valence-electron chi connectivity index (χ0n) is 23.7. The lowest BCUT2D eigenvalue weighted by atomic mass is 9.89. The minimum absolute atomic E-state index is 0.188. The van der Waals surface area contributed by atoms with Gasteiger partial charge in [0.15, 0.2) is 12.0 Å². The number of benzene rings is 1. The predicted molar refractivity (Wildman–Crippen MR) is 151 cm³/mol. The van der Waals surface area contributed by atoms with E-state index in [0.29, 0.717) is 18.1 Å². The number of aryl methyl sites for hydroxylation is 1. The van der Waals surface area contributed by atoms with Crippen LogP contribution in [0, 0.1) is 6.92 Å². The lowest BCUT2D eigenvalue weighted by Crippen LogP contribution is -2.44. The number of nitrogens with zero attached hydrogens (tertiary/aromatic N) is 3. The van der Waals surface area contributed by atoms with Crippen LogP contribution in [0.15, 0.2) is 36.8 Å². The third-order valence-corrected chi connectivity index (χ3v) is 11.4. The summed E-state index contributed by atoms with van der Waals surface area (Å²) < 4.78 is 28.1. The fourth-order valence-electron chi connectivity index (χ4n) is 5.45. The van der Waals surface area contributed by atoms with Crippen molar-refractivity contribution < 1.29 is 18.9 Å². The van der Waals surface area contributed by atoms with E-state index in [1.165, 1.54) is 0 Å². The van der Waals surface area contributed by atoms with E-state index in [9.17, 15) is 0 Å². The maximum absolute atomic E-state index is 6.78. The van der Waals surface area contributed by atoms with Crippen LogP contribution in [0.4, 0.5) is 0 Å². The molecule has 0 spiro atoms. The summed E-state index contributed by atoms with van der Waals surface area (Å²) in [6.45, 7) is 18.5. The fraction of sp³-hybridized carbons (Fsp3) is 0.586. The molecule has 0 bridgehead atoms. The molecular formula is C29H39ClN3O4Si. The lowest BCUT2D eigenvalue weighted by molar-refractivity contribution is -0.210. The van der Waals surface area contributed by atoms with Crippen LogP contribution in [-0.4, -0.2) is 53.5 Å². The third kappa shape index (κ3) is 5.07. The van der Waals surface area contributed by atoms with Gasteiger partial charge in [-0.3, -0.25) is 0 Å². The summed E-state index contributed by atoms with van der Waals surface area (Å²) in [5.41, 5.74) is 3.32. The second kappa shape index (κ2) is 9.98. The number of fused-ring (bicyclic) bond motifs is 2. The van der Waals surface area contributed by atoms with E-state index in [4.69, 9.17) is 30.5 Å². The van der Waals surface area contributed by atoms with Gasteiger partial charge in [0.2, 0.25) is 0 Å². The Kier molecular flexibility index (Phi) is 7.29. The summed E-state index contributed by atoms with van der Waals surface area (Å²) in [4.78, 5) is 8.91. The van der Waals surface area contributed by atoms with Crippen molar-refractivity contribution in [1.82, 2.24) is 14.5 Å². The van der Waals surface area contributed by atoms with Crippen LogP contribution >= 0.6 is 11.6 Å². The molecule has 0 unspecified atom stereocenters. The van der Waals surface area contributed by atoms with Gasteiger partial charge >= 0.3 is 0 Å². The summed E-state index contributed by atoms with van der Waals surface area (Å²) in [6.07, 6.45) is 3.30. The molecule has 2 aliphatic heterocycles. The van der Waals surface area contributed by atoms with Crippen molar-refractivity contribution in [2.75, 3.05) is 6.61 Å². The van der Waals surface area contributed by atoms with E-state index < -0.39 is 20.2 Å². The van der Waals surface area contributed by atoms with E-state index >= 15 is 0 Å². The van der Waals surface area contributed by atoms with Crippen molar-refractivity contribution in [3.63, 3.8) is 0 Å². The van der Waals surface area contributed by atoms with Crippen LogP contribution in [-0.2, 0) is 32.0 Å². The molecule has 205 valence electrons. The normalized spacial score (nSPS) is 26.9. The Morgan fingerprint density at radius 2 is 1.89 bits per heavy atom. The quantitative estimate of drug-likeness (QED) is 0.295. The Morgan fingerprint density at radius 3 is 2.63 bits per heavy atom. The molecule has 9 heteroatoms. The molecule has 0 aliphatic carbocycles. The minimum atomic E-state index is -0.731. The van der Waals surface area contributed by atoms with Gasteiger partial charge < -0.3 is 23.5 Å². The maximum atomic E-state index is 6.78. The first kappa shape index (κ1) is 27.7. The molecule has 0 amide bonds. The van der Waals surface area contributed by atoms with Crippen molar-refractivity contribution in [1.29, 1.82) is 0 Å². The molecule has 2 aromatic heterocycles. The minimum Gasteiger partial charge on any atom is -0.377 e. The molecule has 38 heavy (non-hydrogen) atoms. The molecule has 1 aromatic carbocycles. The van der Waals surface area contributed by atoms with E-state index in [1.807, 2.05) is 45.2 Å². The summed E-state index contributed by atoms with van der Waals surface area (Å²) in [6, 6.07) is 8.06. The average Bonchev–Trinajstić information content (AvgIpc) is 3.43. The molecule has 5 rings (SSSR count). The Labute approximate surface area is 232 Å². The monoisotopic (exact) mass is 556 g/mol. The molecule has 2 fully saturated rings. The predicted octanol–water partition coefficient (Wildman–Crippen LogP) is 6.49. The van der Waals surface area contributed by atoms with Crippen LogP contribution in [0.5, 0.6) is 0 Å². The first-order chi connectivity index (χ1) is 17.8. The van der Waals surface area contributed by atoms with E-state index in [2.05, 4.69) is 54.5 Å². The Hall–Kier alpha value is -1.81. The molecule has 7 nitrogen and oxygen atoms in total. The number of hydrogen-bond donors (Lipinski definition) is 0. The highest BCUT2D eigenvalue weighted by Crippen LogP contribution is 2.51. The maximum Gasteiger partial charge on any atom is 0.165 e. The highest BCUT2D eigenvalue weighted by Gasteiger charge is 2.64. The van der Waals surface area contributed by atoms with Crippen molar-refractivity contribution in [3.05, 3.63) is 58.6 Å². The summed E-state index contributed by atoms with van der Waals surface area (Å²) >= 11 is 6.42. The highest BCUT2D eigenvalue weighted by molar-refractivity contribution is 6.59. The standard InChI is InChI=1S/C29H39ClN3O4Si/c1-18-22-11-12-33(25(22)32-17-31-18)26-24-29(6,37-28(4,5)36-24)23(35-26)14-19-9-10-21(30)13-20(19)15-34-16-27(2,3)38(7)8/h9-13,17,23-24,26H,14-16H2,1-8H3/t23-,24+,26-,29-/m1/s1. The first-order valence-corrected chi connectivity index (χ1v) is 16.2. The molecule has 3 aromatic rings. The van der Waals surface area contributed by atoms with Gasteiger partial charge in [0.25, 0.3) is 0 Å². The van der Waals surface area contributed by atoms with Crippen LogP contribution in [0.2, 0.25) is 23.2 Å². The zero-order chi connectivity index (χ0) is 27.5. The van der Waals surface area contributed by atoms with E-state index in [1.54, 1.807) is 6.33 Å². The van der Waals surface area contributed by atoms with Crippen molar-refractivity contribution in [2.24, 2.45) is 0 Å². The molecule has 4 heterocycles. The third-order valence-electron chi connectivity index (χ3n) is 8.27. The van der Waals surface area contributed by atoms with Gasteiger partial charge in [-0.2, -0.15) is 0 Å². The molecule has 0 saturated carbocycles. The van der Waals surface area contributed by atoms with E-state index in [-0.39, 0.29) is 23.5 Å². The Balaban J connectivity index is 1.44. The molecule has 0 N–H and O–H groups in total. The van der Waals surface area contributed by atoms with Gasteiger partial charge in [-0.25, -0.2) is 9.97 Å². The van der Waals surface area contributed by atoms with Crippen LogP contribution < -0.4 is 0 Å². The summed E-state index contributed by atoms with van der Waals surface area (Å²) in [5, 5.41) is 1.89.